The summed E-state index contributed by atoms with van der Waals surface area (Å²) in [6.45, 7) is 0. The number of methoxy groups -OCH3 is 1. The van der Waals surface area contributed by atoms with E-state index < -0.39 is 0 Å². The number of nitriles is 1. The Morgan fingerprint density at radius 2 is 2.44 bits per heavy atom. The zero-order valence-corrected chi connectivity index (χ0v) is 8.47. The van der Waals surface area contributed by atoms with Crippen LogP contribution in [0.2, 0.25) is 0 Å². The lowest BCUT2D eigenvalue weighted by Crippen LogP contribution is -2.14. The van der Waals surface area contributed by atoms with Crippen LogP contribution in [0.5, 0.6) is 5.75 Å². The zero-order chi connectivity index (χ0) is 11.5. The Labute approximate surface area is 90.7 Å². The third-order valence-electron chi connectivity index (χ3n) is 2.09. The highest BCUT2D eigenvalue weighted by Crippen LogP contribution is 2.16. The first-order chi connectivity index (χ1) is 7.77. The molecule has 0 saturated heterocycles. The average Bonchev–Trinajstić information content (AvgIpc) is 2.76. The van der Waals surface area contributed by atoms with Gasteiger partial charge in [0.2, 0.25) is 5.75 Å². The second-order valence-corrected chi connectivity index (χ2v) is 2.96. The Hall–Kier alpha value is -2.55. The van der Waals surface area contributed by atoms with Crippen LogP contribution in [0.25, 0.3) is 5.82 Å². The highest BCUT2D eigenvalue weighted by Gasteiger charge is 2.12. The van der Waals surface area contributed by atoms with E-state index in [4.69, 9.17) is 10.00 Å². The van der Waals surface area contributed by atoms with Crippen molar-refractivity contribution >= 4 is 0 Å². The molecule has 0 saturated carbocycles. The fourth-order valence-corrected chi connectivity index (χ4v) is 1.39. The molecule has 2 heterocycles. The normalized spacial score (nSPS) is 9.75. The van der Waals surface area contributed by atoms with Crippen molar-refractivity contribution in [3.8, 4) is 17.6 Å². The monoisotopic (exact) mass is 216 g/mol. The fourth-order valence-electron chi connectivity index (χ4n) is 1.39. The number of H-pyrrole nitrogens is 1. The molecule has 2 rings (SSSR count). The lowest BCUT2D eigenvalue weighted by molar-refractivity contribution is 0.403. The SMILES string of the molecule is COc1c(-n2cccc2C#N)nc[nH]c1=O. The van der Waals surface area contributed by atoms with Crippen molar-refractivity contribution in [3.63, 3.8) is 0 Å². The van der Waals surface area contributed by atoms with Gasteiger partial charge < -0.3 is 9.72 Å². The minimum Gasteiger partial charge on any atom is -0.488 e. The van der Waals surface area contributed by atoms with Gasteiger partial charge in [0.05, 0.1) is 13.4 Å². The minimum absolute atomic E-state index is 0.0789. The van der Waals surface area contributed by atoms with Gasteiger partial charge in [-0.1, -0.05) is 0 Å². The Bertz CT molecular complexity index is 606. The van der Waals surface area contributed by atoms with Gasteiger partial charge in [-0.05, 0) is 12.1 Å². The number of aromatic amines is 1. The van der Waals surface area contributed by atoms with E-state index in [2.05, 4.69) is 9.97 Å². The molecule has 1 N–H and O–H groups in total. The van der Waals surface area contributed by atoms with E-state index in [0.717, 1.165) is 0 Å². The maximum Gasteiger partial charge on any atom is 0.295 e. The standard InChI is InChI=1S/C10H8N4O2/c1-16-8-9(12-6-13-10(8)15)14-4-2-3-7(14)5-11/h2-4,6H,1H3,(H,12,13,15). The molecule has 0 fully saturated rings. The number of rotatable bonds is 2. The largest absolute Gasteiger partial charge is 0.488 e. The van der Waals surface area contributed by atoms with E-state index in [1.54, 1.807) is 18.3 Å². The molecule has 0 aromatic carbocycles. The molecule has 2 aromatic rings. The lowest BCUT2D eigenvalue weighted by atomic mass is 10.4. The number of nitrogens with one attached hydrogen (secondary N) is 1. The molecule has 0 unspecified atom stereocenters. The van der Waals surface area contributed by atoms with E-state index >= 15 is 0 Å². The molecule has 0 amide bonds. The Morgan fingerprint density at radius 3 is 3.12 bits per heavy atom. The van der Waals surface area contributed by atoms with Gasteiger partial charge in [0, 0.05) is 6.20 Å². The van der Waals surface area contributed by atoms with Crippen molar-refractivity contribution in [2.75, 3.05) is 7.11 Å². The van der Waals surface area contributed by atoms with Crippen molar-refractivity contribution in [1.82, 2.24) is 14.5 Å². The zero-order valence-electron chi connectivity index (χ0n) is 8.47. The second kappa shape index (κ2) is 3.90. The molecular weight excluding hydrogens is 208 g/mol. The summed E-state index contributed by atoms with van der Waals surface area (Å²) in [6.07, 6.45) is 2.91. The Balaban J connectivity index is 2.70. The van der Waals surface area contributed by atoms with Gasteiger partial charge >= 0.3 is 0 Å². The van der Waals surface area contributed by atoms with Gasteiger partial charge in [-0.3, -0.25) is 9.36 Å². The Morgan fingerprint density at radius 1 is 1.62 bits per heavy atom. The van der Waals surface area contributed by atoms with E-state index in [0.29, 0.717) is 11.5 Å². The topological polar surface area (TPSA) is 83.7 Å². The van der Waals surface area contributed by atoms with Crippen molar-refractivity contribution in [3.05, 3.63) is 40.7 Å². The summed E-state index contributed by atoms with van der Waals surface area (Å²) in [5.41, 5.74) is 0.00138. The number of hydrogen-bond donors (Lipinski definition) is 1. The van der Waals surface area contributed by atoms with E-state index in [1.165, 1.54) is 18.0 Å². The van der Waals surface area contributed by atoms with Crippen LogP contribution in [-0.4, -0.2) is 21.6 Å². The lowest BCUT2D eigenvalue weighted by Gasteiger charge is -2.07. The summed E-state index contributed by atoms with van der Waals surface area (Å²) >= 11 is 0. The smallest absolute Gasteiger partial charge is 0.295 e. The van der Waals surface area contributed by atoms with Crippen molar-refractivity contribution in [1.29, 1.82) is 5.26 Å². The summed E-state index contributed by atoms with van der Waals surface area (Å²) in [4.78, 5) is 17.8. The van der Waals surface area contributed by atoms with Crippen LogP contribution in [0.1, 0.15) is 5.69 Å². The van der Waals surface area contributed by atoms with Gasteiger partial charge in [0.25, 0.3) is 5.56 Å². The first-order valence-electron chi connectivity index (χ1n) is 4.47. The molecule has 0 bridgehead atoms. The average molecular weight is 216 g/mol. The van der Waals surface area contributed by atoms with E-state index in [-0.39, 0.29) is 11.3 Å². The predicted octanol–water partition coefficient (Wildman–Crippen LogP) is 0.441. The molecule has 16 heavy (non-hydrogen) atoms. The number of hydrogen-bond acceptors (Lipinski definition) is 4. The third kappa shape index (κ3) is 1.44. The van der Waals surface area contributed by atoms with Gasteiger partial charge in [-0.2, -0.15) is 5.26 Å². The second-order valence-electron chi connectivity index (χ2n) is 2.96. The van der Waals surface area contributed by atoms with Gasteiger partial charge in [0.1, 0.15) is 11.8 Å². The maximum atomic E-state index is 11.4. The van der Waals surface area contributed by atoms with Crippen molar-refractivity contribution in [2.24, 2.45) is 0 Å². The van der Waals surface area contributed by atoms with Crippen LogP contribution in [0, 0.1) is 11.3 Å². The van der Waals surface area contributed by atoms with Crippen LogP contribution in [-0.2, 0) is 0 Å². The molecule has 0 aliphatic rings. The minimum atomic E-state index is -0.384. The van der Waals surface area contributed by atoms with Crippen LogP contribution >= 0.6 is 0 Å². The number of nitrogens with zero attached hydrogens (tertiary/aromatic N) is 3. The number of ether oxygens (including phenoxy) is 1. The third-order valence-corrected chi connectivity index (χ3v) is 2.09. The molecule has 80 valence electrons. The first kappa shape index (κ1) is 9.98. The Kier molecular flexibility index (Phi) is 2.44. The molecule has 0 spiro atoms. The van der Waals surface area contributed by atoms with Gasteiger partial charge in [0.15, 0.2) is 5.82 Å². The van der Waals surface area contributed by atoms with E-state index in [1.807, 2.05) is 6.07 Å². The molecule has 0 atom stereocenters. The quantitative estimate of drug-likeness (QED) is 0.789. The van der Waals surface area contributed by atoms with Gasteiger partial charge in [-0.15, -0.1) is 0 Å². The molecule has 6 nitrogen and oxygen atoms in total. The molecule has 0 aliphatic carbocycles. The number of aromatic nitrogens is 3. The molecule has 0 radical (unpaired) electrons. The summed E-state index contributed by atoms with van der Waals surface area (Å²) in [5, 5.41) is 8.88. The molecule has 6 heteroatoms. The highest BCUT2D eigenvalue weighted by molar-refractivity contribution is 5.42. The van der Waals surface area contributed by atoms with Gasteiger partial charge in [-0.25, -0.2) is 4.98 Å². The first-order valence-corrected chi connectivity index (χ1v) is 4.47. The van der Waals surface area contributed by atoms with Crippen LogP contribution in [0.3, 0.4) is 0 Å². The summed E-state index contributed by atoms with van der Waals surface area (Å²) in [5.74, 6) is 0.378. The predicted molar refractivity (Wildman–Crippen MR) is 55.5 cm³/mol. The fraction of sp³-hybridized carbons (Fsp3) is 0.100. The molecular formula is C10H8N4O2. The highest BCUT2D eigenvalue weighted by atomic mass is 16.5. The molecule has 0 aliphatic heterocycles. The molecule has 2 aromatic heterocycles. The maximum absolute atomic E-state index is 11.4. The van der Waals surface area contributed by atoms with Crippen LogP contribution < -0.4 is 10.3 Å². The summed E-state index contributed by atoms with van der Waals surface area (Å²) in [7, 11) is 1.38. The summed E-state index contributed by atoms with van der Waals surface area (Å²) < 4.78 is 6.46. The van der Waals surface area contributed by atoms with Crippen molar-refractivity contribution < 1.29 is 4.74 Å². The summed E-state index contributed by atoms with van der Waals surface area (Å²) in [6, 6.07) is 5.32. The van der Waals surface area contributed by atoms with Crippen LogP contribution in [0.4, 0.5) is 0 Å². The van der Waals surface area contributed by atoms with Crippen molar-refractivity contribution in [2.45, 2.75) is 0 Å². The van der Waals surface area contributed by atoms with E-state index in [9.17, 15) is 4.79 Å². The van der Waals surface area contributed by atoms with Crippen LogP contribution in [0.15, 0.2) is 29.5 Å².